The van der Waals surface area contributed by atoms with Crippen molar-refractivity contribution >= 4 is 23.4 Å². The lowest BCUT2D eigenvalue weighted by atomic mass is 10.2. The van der Waals surface area contributed by atoms with Crippen molar-refractivity contribution in [3.05, 3.63) is 48.2 Å². The molecule has 1 amide bonds. The molecule has 1 N–H and O–H groups in total. The van der Waals surface area contributed by atoms with Gasteiger partial charge in [-0.2, -0.15) is 20.5 Å². The van der Waals surface area contributed by atoms with Gasteiger partial charge < -0.3 is 14.8 Å². The number of amides is 1. The van der Waals surface area contributed by atoms with Gasteiger partial charge in [-0.1, -0.05) is 6.07 Å². The van der Waals surface area contributed by atoms with Gasteiger partial charge in [0.05, 0.1) is 0 Å². The first-order valence-corrected chi connectivity index (χ1v) is 8.83. The molecule has 1 aliphatic heterocycles. The van der Waals surface area contributed by atoms with Crippen molar-refractivity contribution in [1.82, 2.24) is 4.98 Å². The second-order valence-corrected chi connectivity index (χ2v) is 6.47. The minimum absolute atomic E-state index is 0.0292. The highest BCUT2D eigenvalue weighted by Gasteiger charge is 2.21. The molecule has 1 aliphatic rings. The van der Waals surface area contributed by atoms with Gasteiger partial charge in [0.1, 0.15) is 17.4 Å². The summed E-state index contributed by atoms with van der Waals surface area (Å²) in [6.07, 6.45) is 2.51. The van der Waals surface area contributed by atoms with Crippen LogP contribution in [0.15, 0.2) is 42.6 Å². The number of aromatic nitrogens is 1. The van der Waals surface area contributed by atoms with Crippen LogP contribution in [0.25, 0.3) is 0 Å². The van der Waals surface area contributed by atoms with E-state index in [1.807, 2.05) is 0 Å². The van der Waals surface area contributed by atoms with E-state index < -0.39 is 12.5 Å². The largest absolute Gasteiger partial charge is 0.473 e. The van der Waals surface area contributed by atoms with Crippen LogP contribution >= 0.6 is 11.8 Å². The predicted molar refractivity (Wildman–Crippen MR) is 91.6 cm³/mol. The summed E-state index contributed by atoms with van der Waals surface area (Å²) in [5.74, 6) is 1.70. The Kier molecular flexibility index (Phi) is 5.70. The number of carbonyl (C=O) groups is 1. The zero-order valence-corrected chi connectivity index (χ0v) is 14.0. The monoisotopic (exact) mass is 366 g/mol. The summed E-state index contributed by atoms with van der Waals surface area (Å²) in [6, 6.07) is 9.07. The smallest absolute Gasteiger partial charge is 0.387 e. The van der Waals surface area contributed by atoms with Crippen molar-refractivity contribution in [3.63, 3.8) is 0 Å². The van der Waals surface area contributed by atoms with E-state index in [2.05, 4.69) is 15.0 Å². The van der Waals surface area contributed by atoms with Crippen LogP contribution < -0.4 is 14.8 Å². The van der Waals surface area contributed by atoms with Gasteiger partial charge in [0.15, 0.2) is 0 Å². The number of benzene rings is 1. The summed E-state index contributed by atoms with van der Waals surface area (Å²) in [5, 5.41) is 2.65. The van der Waals surface area contributed by atoms with E-state index in [-0.39, 0.29) is 17.7 Å². The van der Waals surface area contributed by atoms with E-state index >= 15 is 0 Å². The molecule has 25 heavy (non-hydrogen) atoms. The number of halogens is 2. The molecule has 1 saturated heterocycles. The number of ether oxygens (including phenoxy) is 2. The number of hydrogen-bond acceptors (Lipinski definition) is 5. The third-order valence-electron chi connectivity index (χ3n) is 3.50. The normalized spacial score (nSPS) is 16.7. The van der Waals surface area contributed by atoms with Gasteiger partial charge in [-0.25, -0.2) is 4.98 Å². The van der Waals surface area contributed by atoms with Gasteiger partial charge >= 0.3 is 6.61 Å². The van der Waals surface area contributed by atoms with Gasteiger partial charge in [0, 0.05) is 23.7 Å². The Balaban J connectivity index is 1.73. The molecule has 0 bridgehead atoms. The predicted octanol–water partition coefficient (Wildman–Crippen LogP) is 3.82. The number of nitrogens with one attached hydrogen (secondary N) is 1. The third-order valence-corrected chi connectivity index (χ3v) is 4.63. The van der Waals surface area contributed by atoms with E-state index in [4.69, 9.17) is 4.74 Å². The summed E-state index contributed by atoms with van der Waals surface area (Å²) >= 11 is 1.80. The second kappa shape index (κ2) is 8.15. The van der Waals surface area contributed by atoms with Crippen LogP contribution in [0, 0.1) is 0 Å². The molecule has 0 saturated carbocycles. The SMILES string of the molecule is O=C(Nc1cccc(OC(F)F)c1)c1cccnc1OC1CCSC1. The molecule has 2 aromatic rings. The topological polar surface area (TPSA) is 60.5 Å². The summed E-state index contributed by atoms with van der Waals surface area (Å²) in [6.45, 7) is -2.92. The van der Waals surface area contributed by atoms with E-state index in [0.717, 1.165) is 17.9 Å². The lowest BCUT2D eigenvalue weighted by molar-refractivity contribution is -0.0497. The van der Waals surface area contributed by atoms with Crippen LogP contribution in [0.2, 0.25) is 0 Å². The fourth-order valence-electron chi connectivity index (χ4n) is 2.37. The molecule has 2 heterocycles. The average Bonchev–Trinajstić information content (AvgIpc) is 3.08. The highest BCUT2D eigenvalue weighted by Crippen LogP contribution is 2.25. The molecule has 1 aromatic heterocycles. The fraction of sp³-hybridized carbons (Fsp3) is 0.294. The highest BCUT2D eigenvalue weighted by atomic mass is 32.2. The van der Waals surface area contributed by atoms with E-state index in [1.54, 1.807) is 36.2 Å². The number of hydrogen-bond donors (Lipinski definition) is 1. The van der Waals surface area contributed by atoms with Crippen LogP contribution in [0.1, 0.15) is 16.8 Å². The molecule has 132 valence electrons. The Morgan fingerprint density at radius 3 is 2.96 bits per heavy atom. The Morgan fingerprint density at radius 1 is 1.32 bits per heavy atom. The number of pyridine rings is 1. The first-order chi connectivity index (χ1) is 12.1. The summed E-state index contributed by atoms with van der Waals surface area (Å²) in [4.78, 5) is 16.7. The minimum atomic E-state index is -2.92. The van der Waals surface area contributed by atoms with Gasteiger partial charge in [-0.05, 0) is 36.4 Å². The number of nitrogens with zero attached hydrogens (tertiary/aromatic N) is 1. The molecule has 1 unspecified atom stereocenters. The van der Waals surface area contributed by atoms with Crippen molar-refractivity contribution in [1.29, 1.82) is 0 Å². The molecule has 0 spiro atoms. The zero-order chi connectivity index (χ0) is 17.6. The maximum Gasteiger partial charge on any atom is 0.387 e. The number of rotatable bonds is 6. The van der Waals surface area contributed by atoms with E-state index in [0.29, 0.717) is 11.3 Å². The van der Waals surface area contributed by atoms with Gasteiger partial charge in [0.25, 0.3) is 5.91 Å². The van der Waals surface area contributed by atoms with Crippen LogP contribution in [-0.4, -0.2) is 35.1 Å². The Bertz CT molecular complexity index is 739. The average molecular weight is 366 g/mol. The maximum atomic E-state index is 12.5. The summed E-state index contributed by atoms with van der Waals surface area (Å²) in [5.41, 5.74) is 0.633. The molecule has 0 aliphatic carbocycles. The summed E-state index contributed by atoms with van der Waals surface area (Å²) < 4.78 is 34.7. The highest BCUT2D eigenvalue weighted by molar-refractivity contribution is 7.99. The first kappa shape index (κ1) is 17.5. The summed E-state index contributed by atoms with van der Waals surface area (Å²) in [7, 11) is 0. The van der Waals surface area contributed by atoms with Gasteiger partial charge in [0.2, 0.25) is 5.88 Å². The number of anilines is 1. The Labute approximate surface area is 147 Å². The van der Waals surface area contributed by atoms with Crippen molar-refractivity contribution in [2.75, 3.05) is 16.8 Å². The van der Waals surface area contributed by atoms with E-state index in [1.165, 1.54) is 18.2 Å². The number of carbonyl (C=O) groups excluding carboxylic acids is 1. The standard InChI is InChI=1S/C17H16F2N2O3S/c18-17(19)24-12-4-1-3-11(9-12)21-15(22)14-5-2-7-20-16(14)23-13-6-8-25-10-13/h1-5,7,9,13,17H,6,8,10H2,(H,21,22). The second-order valence-electron chi connectivity index (χ2n) is 5.32. The van der Waals surface area contributed by atoms with Gasteiger partial charge in [-0.15, -0.1) is 0 Å². The third kappa shape index (κ3) is 4.82. The quantitative estimate of drug-likeness (QED) is 0.842. The molecule has 8 heteroatoms. The zero-order valence-electron chi connectivity index (χ0n) is 13.2. The Hall–Kier alpha value is -2.35. The number of thioether (sulfide) groups is 1. The molecule has 1 atom stereocenters. The molecular weight excluding hydrogens is 350 g/mol. The van der Waals surface area contributed by atoms with Crippen LogP contribution in [0.3, 0.4) is 0 Å². The maximum absolute atomic E-state index is 12.5. The van der Waals surface area contributed by atoms with E-state index in [9.17, 15) is 13.6 Å². The molecule has 5 nitrogen and oxygen atoms in total. The Morgan fingerprint density at radius 2 is 2.20 bits per heavy atom. The fourth-order valence-corrected chi connectivity index (χ4v) is 3.46. The van der Waals surface area contributed by atoms with Crippen LogP contribution in [-0.2, 0) is 0 Å². The van der Waals surface area contributed by atoms with Crippen molar-refractivity contribution in [2.45, 2.75) is 19.1 Å². The first-order valence-electron chi connectivity index (χ1n) is 7.67. The molecule has 3 rings (SSSR count). The molecule has 1 aromatic carbocycles. The van der Waals surface area contributed by atoms with Crippen LogP contribution in [0.4, 0.5) is 14.5 Å². The molecular formula is C17H16F2N2O3S. The lowest BCUT2D eigenvalue weighted by Gasteiger charge is -2.14. The number of alkyl halides is 2. The lowest BCUT2D eigenvalue weighted by Crippen LogP contribution is -2.20. The van der Waals surface area contributed by atoms with Crippen molar-refractivity contribution in [2.24, 2.45) is 0 Å². The van der Waals surface area contributed by atoms with Gasteiger partial charge in [-0.3, -0.25) is 4.79 Å². The molecule has 0 radical (unpaired) electrons. The minimum Gasteiger partial charge on any atom is -0.473 e. The van der Waals surface area contributed by atoms with Crippen molar-refractivity contribution in [3.8, 4) is 11.6 Å². The van der Waals surface area contributed by atoms with Crippen molar-refractivity contribution < 1.29 is 23.0 Å². The van der Waals surface area contributed by atoms with Crippen LogP contribution in [0.5, 0.6) is 11.6 Å². The molecule has 1 fully saturated rings.